The van der Waals surface area contributed by atoms with Crippen LogP contribution >= 0.6 is 15.9 Å². The van der Waals surface area contributed by atoms with Gasteiger partial charge in [0.05, 0.1) is 15.1 Å². The predicted octanol–water partition coefficient (Wildman–Crippen LogP) is 2.51. The van der Waals surface area contributed by atoms with Gasteiger partial charge in [-0.1, -0.05) is 0 Å². The van der Waals surface area contributed by atoms with Crippen molar-refractivity contribution in [3.63, 3.8) is 0 Å². The third kappa shape index (κ3) is 4.62. The molecule has 0 aliphatic rings. The van der Waals surface area contributed by atoms with Crippen LogP contribution < -0.4 is 5.32 Å². The first-order chi connectivity index (χ1) is 12.2. The molecule has 26 heavy (non-hydrogen) atoms. The maximum atomic E-state index is 12.9. The molecule has 142 valence electrons. The lowest BCUT2D eigenvalue weighted by Gasteiger charge is -2.06. The second-order valence-electron chi connectivity index (χ2n) is 5.56. The minimum atomic E-state index is -3.09. The number of nitrogens with one attached hydrogen (secondary N) is 1. The van der Waals surface area contributed by atoms with E-state index in [4.69, 9.17) is 0 Å². The summed E-state index contributed by atoms with van der Waals surface area (Å²) >= 11 is 3.36. The largest absolute Gasteiger partial charge is 0.354 e. The van der Waals surface area contributed by atoms with E-state index >= 15 is 0 Å². The Bertz CT molecular complexity index is 800. The van der Waals surface area contributed by atoms with Gasteiger partial charge >= 0.3 is 5.69 Å². The second-order valence-corrected chi connectivity index (χ2v) is 6.42. The molecule has 0 aliphatic carbocycles. The molecule has 0 saturated heterocycles. The first-order valence-electron chi connectivity index (χ1n) is 7.66. The van der Waals surface area contributed by atoms with Crippen molar-refractivity contribution in [1.82, 2.24) is 24.9 Å². The van der Waals surface area contributed by atoms with Gasteiger partial charge in [-0.2, -0.15) is 10.2 Å². The Kier molecular flexibility index (Phi) is 6.40. The maximum absolute atomic E-state index is 12.9. The quantitative estimate of drug-likeness (QED) is 0.390. The summed E-state index contributed by atoms with van der Waals surface area (Å²) in [4.78, 5) is 21.9. The molecule has 9 nitrogen and oxygen atoms in total. The summed E-state index contributed by atoms with van der Waals surface area (Å²) in [5.74, 6) is -0.468. The fourth-order valence-corrected chi connectivity index (χ4v) is 2.67. The van der Waals surface area contributed by atoms with E-state index in [0.717, 1.165) is 14.8 Å². The summed E-state index contributed by atoms with van der Waals surface area (Å²) in [5.41, 5.74) is -0.913. The van der Waals surface area contributed by atoms with Crippen LogP contribution in [0.25, 0.3) is 0 Å². The minimum absolute atomic E-state index is 0.0858. The van der Waals surface area contributed by atoms with E-state index in [1.165, 1.54) is 6.92 Å². The van der Waals surface area contributed by atoms with Gasteiger partial charge in [0.25, 0.3) is 6.43 Å². The number of aromatic nitrogens is 4. The van der Waals surface area contributed by atoms with E-state index in [9.17, 15) is 23.7 Å². The van der Waals surface area contributed by atoms with Gasteiger partial charge in [-0.3, -0.25) is 24.3 Å². The topological polar surface area (TPSA) is 108 Å². The molecule has 0 aromatic carbocycles. The third-order valence-corrected chi connectivity index (χ3v) is 4.43. The van der Waals surface area contributed by atoms with E-state index < -0.39 is 28.6 Å². The smallest absolute Gasteiger partial charge is 0.319 e. The molecule has 0 unspecified atom stereocenters. The number of alkyl halides is 2. The fourth-order valence-electron chi connectivity index (χ4n) is 2.36. The van der Waals surface area contributed by atoms with Gasteiger partial charge in [-0.05, 0) is 36.2 Å². The summed E-state index contributed by atoms with van der Waals surface area (Å²) in [7, 11) is 0. The van der Waals surface area contributed by atoms with Crippen molar-refractivity contribution in [2.24, 2.45) is 0 Å². The molecule has 2 heterocycles. The molecule has 0 fully saturated rings. The van der Waals surface area contributed by atoms with Gasteiger partial charge in [-0.25, -0.2) is 8.78 Å². The molecule has 1 amide bonds. The van der Waals surface area contributed by atoms with Gasteiger partial charge in [0, 0.05) is 19.3 Å². The van der Waals surface area contributed by atoms with Gasteiger partial charge in [0.2, 0.25) is 11.6 Å². The molecule has 1 N–H and O–H groups in total. The molecule has 0 saturated carbocycles. The number of hydrogen-bond donors (Lipinski definition) is 1. The summed E-state index contributed by atoms with van der Waals surface area (Å²) in [6.45, 7) is 3.71. The highest BCUT2D eigenvalue weighted by atomic mass is 79.9. The highest BCUT2D eigenvalue weighted by Gasteiger charge is 2.31. The Balaban J connectivity index is 1.89. The molecule has 0 bridgehead atoms. The average molecular weight is 435 g/mol. The Morgan fingerprint density at radius 1 is 1.42 bits per heavy atom. The number of nitrogens with zero attached hydrogens (tertiary/aromatic N) is 5. The minimum Gasteiger partial charge on any atom is -0.354 e. The van der Waals surface area contributed by atoms with Crippen molar-refractivity contribution in [1.29, 1.82) is 0 Å². The van der Waals surface area contributed by atoms with Crippen LogP contribution in [0.1, 0.15) is 29.9 Å². The van der Waals surface area contributed by atoms with E-state index in [0.29, 0.717) is 19.5 Å². The summed E-state index contributed by atoms with van der Waals surface area (Å²) in [6.07, 6.45) is -0.648. The molecule has 0 radical (unpaired) electrons. The predicted molar refractivity (Wildman–Crippen MR) is 90.9 cm³/mol. The molecular weight excluding hydrogens is 418 g/mol. The SMILES string of the molecule is Cc1nn(CCCNC(=O)Cn2nc(C(F)F)c([N+](=O)[O-])c2C)cc1Br. The lowest BCUT2D eigenvalue weighted by Crippen LogP contribution is -2.29. The number of carbonyl (C=O) groups is 1. The van der Waals surface area contributed by atoms with Gasteiger partial charge in [-0.15, -0.1) is 0 Å². The van der Waals surface area contributed by atoms with E-state index in [2.05, 4.69) is 31.4 Å². The lowest BCUT2D eigenvalue weighted by molar-refractivity contribution is -0.386. The van der Waals surface area contributed by atoms with Crippen molar-refractivity contribution < 1.29 is 18.5 Å². The van der Waals surface area contributed by atoms with Crippen molar-refractivity contribution in [3.05, 3.63) is 37.9 Å². The van der Waals surface area contributed by atoms with Gasteiger partial charge in [0.15, 0.2) is 0 Å². The number of aryl methyl sites for hydroxylation is 2. The molecule has 0 aliphatic heterocycles. The molecule has 12 heteroatoms. The number of rotatable bonds is 8. The number of halogens is 3. The van der Waals surface area contributed by atoms with Crippen molar-refractivity contribution in [3.8, 4) is 0 Å². The van der Waals surface area contributed by atoms with Gasteiger partial charge < -0.3 is 5.32 Å². The first kappa shape index (κ1) is 19.9. The van der Waals surface area contributed by atoms with Crippen LogP contribution in [0.2, 0.25) is 0 Å². The van der Waals surface area contributed by atoms with Crippen LogP contribution in [0.5, 0.6) is 0 Å². The molecule has 2 rings (SSSR count). The van der Waals surface area contributed by atoms with E-state index in [-0.39, 0.29) is 12.2 Å². The zero-order valence-electron chi connectivity index (χ0n) is 14.1. The lowest BCUT2D eigenvalue weighted by atomic mass is 10.3. The van der Waals surface area contributed by atoms with Crippen molar-refractivity contribution in [2.45, 2.75) is 39.8 Å². The molecular formula is C14H17BrF2N6O3. The Morgan fingerprint density at radius 3 is 2.62 bits per heavy atom. The third-order valence-electron chi connectivity index (χ3n) is 3.66. The molecule has 0 spiro atoms. The number of carbonyl (C=O) groups excluding carboxylic acids is 1. The van der Waals surface area contributed by atoms with E-state index in [1.807, 2.05) is 13.1 Å². The summed E-state index contributed by atoms with van der Waals surface area (Å²) < 4.78 is 29.3. The van der Waals surface area contributed by atoms with Crippen molar-refractivity contribution in [2.75, 3.05) is 6.54 Å². The van der Waals surface area contributed by atoms with Crippen LogP contribution in [-0.2, 0) is 17.9 Å². The van der Waals surface area contributed by atoms with Crippen LogP contribution in [0.15, 0.2) is 10.7 Å². The highest BCUT2D eigenvalue weighted by molar-refractivity contribution is 9.10. The van der Waals surface area contributed by atoms with Crippen LogP contribution in [0.4, 0.5) is 14.5 Å². The zero-order valence-corrected chi connectivity index (χ0v) is 15.7. The summed E-state index contributed by atoms with van der Waals surface area (Å²) in [5, 5.41) is 21.3. The normalized spacial score (nSPS) is 11.2. The Morgan fingerprint density at radius 2 is 2.12 bits per heavy atom. The number of amides is 1. The van der Waals surface area contributed by atoms with Crippen LogP contribution in [0, 0.1) is 24.0 Å². The van der Waals surface area contributed by atoms with Crippen molar-refractivity contribution >= 4 is 27.5 Å². The maximum Gasteiger partial charge on any atom is 0.319 e. The standard InChI is InChI=1S/C14H17BrF2N6O3/c1-8-10(15)6-21(19-8)5-3-4-18-11(24)7-22-9(2)13(23(25)26)12(20-22)14(16)17/h6,14H,3-5,7H2,1-2H3,(H,18,24). The Labute approximate surface area is 155 Å². The monoisotopic (exact) mass is 434 g/mol. The zero-order chi connectivity index (χ0) is 19.4. The fraction of sp³-hybridized carbons (Fsp3) is 0.500. The van der Waals surface area contributed by atoms with Gasteiger partial charge in [0.1, 0.15) is 12.2 Å². The van der Waals surface area contributed by atoms with Crippen LogP contribution in [0.3, 0.4) is 0 Å². The molecule has 2 aromatic heterocycles. The molecule has 0 atom stereocenters. The second kappa shape index (κ2) is 8.34. The number of hydrogen-bond acceptors (Lipinski definition) is 5. The highest BCUT2D eigenvalue weighted by Crippen LogP contribution is 2.30. The Hall–Kier alpha value is -2.37. The molecule has 2 aromatic rings. The van der Waals surface area contributed by atoms with E-state index in [1.54, 1.807) is 4.68 Å². The summed E-state index contributed by atoms with van der Waals surface area (Å²) in [6, 6.07) is 0. The first-order valence-corrected chi connectivity index (χ1v) is 8.46. The average Bonchev–Trinajstić information content (AvgIpc) is 3.04. The number of nitro groups is 1. The van der Waals surface area contributed by atoms with Crippen LogP contribution in [-0.4, -0.2) is 36.9 Å².